The Balaban J connectivity index is 1.51. The molecule has 3 fully saturated rings. The fourth-order valence-corrected chi connectivity index (χ4v) is 4.87. The second kappa shape index (κ2) is 5.17. The highest BCUT2D eigenvalue weighted by molar-refractivity contribution is 5.81. The van der Waals surface area contributed by atoms with E-state index in [9.17, 15) is 15.0 Å². The van der Waals surface area contributed by atoms with Crippen LogP contribution in [0.4, 0.5) is 0 Å². The van der Waals surface area contributed by atoms with Crippen LogP contribution < -0.4 is 0 Å². The van der Waals surface area contributed by atoms with Crippen molar-refractivity contribution in [2.24, 2.45) is 29.6 Å². The number of hydrogen-bond acceptors (Lipinski definition) is 3. The number of aliphatic hydroxyl groups is 2. The number of Topliss-reactive ketones (excluding diaryl/α,β-unsaturated/α-hetero) is 1. The minimum Gasteiger partial charge on any atom is -0.390 e. The Morgan fingerprint density at radius 2 is 2.00 bits per heavy atom. The van der Waals surface area contributed by atoms with Crippen LogP contribution >= 0.6 is 0 Å². The molecule has 0 heterocycles. The smallest absolute Gasteiger partial charge is 0.133 e. The van der Waals surface area contributed by atoms with Gasteiger partial charge < -0.3 is 10.2 Å². The van der Waals surface area contributed by atoms with Gasteiger partial charge in [0.05, 0.1) is 12.2 Å². The lowest BCUT2D eigenvalue weighted by atomic mass is 9.88. The van der Waals surface area contributed by atoms with Crippen LogP contribution in [0.5, 0.6) is 0 Å². The van der Waals surface area contributed by atoms with Gasteiger partial charge in [-0.1, -0.05) is 26.2 Å². The number of aliphatic hydroxyl groups excluding tert-OH is 2. The molecule has 7 unspecified atom stereocenters. The van der Waals surface area contributed by atoms with Crippen LogP contribution in [0.25, 0.3) is 0 Å². The van der Waals surface area contributed by atoms with Crippen LogP contribution in [0.15, 0.2) is 0 Å². The summed E-state index contributed by atoms with van der Waals surface area (Å²) in [7, 11) is 0. The van der Waals surface area contributed by atoms with Crippen molar-refractivity contribution in [3.8, 4) is 0 Å². The van der Waals surface area contributed by atoms with Crippen molar-refractivity contribution in [3.05, 3.63) is 0 Å². The van der Waals surface area contributed by atoms with Crippen LogP contribution in [0.1, 0.15) is 51.9 Å². The summed E-state index contributed by atoms with van der Waals surface area (Å²) in [5.41, 5.74) is 0. The average Bonchev–Trinajstić information content (AvgIpc) is 2.78. The van der Waals surface area contributed by atoms with Gasteiger partial charge in [-0.05, 0) is 42.4 Å². The van der Waals surface area contributed by atoms with Gasteiger partial charge in [-0.2, -0.15) is 0 Å². The number of hydrogen-bond donors (Lipinski definition) is 2. The minimum absolute atomic E-state index is 0.281. The van der Waals surface area contributed by atoms with Gasteiger partial charge in [0, 0.05) is 12.8 Å². The molecule has 3 nitrogen and oxygen atoms in total. The lowest BCUT2D eigenvalue weighted by Crippen LogP contribution is -2.30. The van der Waals surface area contributed by atoms with E-state index in [0.29, 0.717) is 29.5 Å². The van der Waals surface area contributed by atoms with Gasteiger partial charge >= 0.3 is 0 Å². The summed E-state index contributed by atoms with van der Waals surface area (Å²) in [6.07, 6.45) is 5.51. The molecule has 19 heavy (non-hydrogen) atoms. The Morgan fingerprint density at radius 3 is 2.74 bits per heavy atom. The van der Waals surface area contributed by atoms with Crippen LogP contribution in [0.2, 0.25) is 0 Å². The Labute approximate surface area is 115 Å². The van der Waals surface area contributed by atoms with Crippen molar-refractivity contribution in [2.75, 3.05) is 0 Å². The second-order valence-corrected chi connectivity index (χ2v) is 6.98. The molecule has 2 N–H and O–H groups in total. The molecular weight excluding hydrogens is 240 g/mol. The topological polar surface area (TPSA) is 57.5 Å². The molecule has 7 atom stereocenters. The molecule has 0 saturated heterocycles. The molecule has 108 valence electrons. The first-order valence-corrected chi connectivity index (χ1v) is 8.01. The van der Waals surface area contributed by atoms with Gasteiger partial charge in [0.1, 0.15) is 5.78 Å². The quantitative estimate of drug-likeness (QED) is 0.724. The maximum Gasteiger partial charge on any atom is 0.133 e. The third-order valence-corrected chi connectivity index (χ3v) is 5.81. The highest BCUT2D eigenvalue weighted by Gasteiger charge is 2.65. The molecule has 0 bridgehead atoms. The Bertz CT molecular complexity index is 354. The summed E-state index contributed by atoms with van der Waals surface area (Å²) in [5, 5.41) is 20.4. The predicted molar refractivity (Wildman–Crippen MR) is 72.5 cm³/mol. The predicted octanol–water partition coefficient (Wildman–Crippen LogP) is 2.15. The van der Waals surface area contributed by atoms with Gasteiger partial charge in [0.2, 0.25) is 0 Å². The summed E-state index contributed by atoms with van der Waals surface area (Å²) < 4.78 is 0. The zero-order chi connectivity index (χ0) is 13.6. The summed E-state index contributed by atoms with van der Waals surface area (Å²) >= 11 is 0. The first kappa shape index (κ1) is 13.6. The maximum atomic E-state index is 11.5. The molecule has 0 aromatic heterocycles. The Hall–Kier alpha value is -0.410. The van der Waals surface area contributed by atoms with Gasteiger partial charge in [-0.25, -0.2) is 0 Å². The van der Waals surface area contributed by atoms with E-state index in [1.165, 1.54) is 0 Å². The van der Waals surface area contributed by atoms with Gasteiger partial charge in [0.25, 0.3) is 0 Å². The van der Waals surface area contributed by atoms with Crippen molar-refractivity contribution in [2.45, 2.75) is 64.1 Å². The molecule has 3 saturated carbocycles. The molecule has 0 spiro atoms. The Morgan fingerprint density at radius 1 is 1.21 bits per heavy atom. The molecule has 3 rings (SSSR count). The summed E-state index contributed by atoms with van der Waals surface area (Å²) in [4.78, 5) is 11.5. The SMILES string of the molecule is CCCCCC(O)C(O)C1C2CC3CC(=O)CC3C21. The van der Waals surface area contributed by atoms with E-state index >= 15 is 0 Å². The largest absolute Gasteiger partial charge is 0.390 e. The highest BCUT2D eigenvalue weighted by Crippen LogP contribution is 2.67. The van der Waals surface area contributed by atoms with Crippen molar-refractivity contribution in [3.63, 3.8) is 0 Å². The first-order valence-electron chi connectivity index (χ1n) is 8.01. The van der Waals surface area contributed by atoms with Crippen molar-refractivity contribution < 1.29 is 15.0 Å². The van der Waals surface area contributed by atoms with Gasteiger partial charge in [-0.3, -0.25) is 4.79 Å². The van der Waals surface area contributed by atoms with Gasteiger partial charge in [0.15, 0.2) is 0 Å². The molecule has 3 heteroatoms. The van der Waals surface area contributed by atoms with E-state index in [0.717, 1.165) is 44.9 Å². The molecule has 3 aliphatic carbocycles. The molecule has 0 radical (unpaired) electrons. The molecule has 0 amide bonds. The number of ketones is 1. The van der Waals surface area contributed by atoms with Crippen LogP contribution in [0.3, 0.4) is 0 Å². The van der Waals surface area contributed by atoms with Crippen molar-refractivity contribution in [1.29, 1.82) is 0 Å². The number of carbonyl (C=O) groups excluding carboxylic acids is 1. The summed E-state index contributed by atoms with van der Waals surface area (Å²) in [6, 6.07) is 0. The van der Waals surface area contributed by atoms with Crippen LogP contribution in [-0.2, 0) is 4.79 Å². The minimum atomic E-state index is -0.558. The summed E-state index contributed by atoms with van der Waals surface area (Å²) in [6.45, 7) is 2.14. The average molecular weight is 266 g/mol. The number of unbranched alkanes of at least 4 members (excludes halogenated alkanes) is 2. The monoisotopic (exact) mass is 266 g/mol. The van der Waals surface area contributed by atoms with Gasteiger partial charge in [-0.15, -0.1) is 0 Å². The number of fused-ring (bicyclic) bond motifs is 3. The third kappa shape index (κ3) is 2.36. The number of carbonyl (C=O) groups is 1. The zero-order valence-electron chi connectivity index (χ0n) is 11.8. The fourth-order valence-electron chi connectivity index (χ4n) is 4.87. The zero-order valence-corrected chi connectivity index (χ0v) is 11.8. The van der Waals surface area contributed by atoms with E-state index in [4.69, 9.17) is 0 Å². The highest BCUT2D eigenvalue weighted by atomic mass is 16.3. The molecule has 3 aliphatic rings. The van der Waals surface area contributed by atoms with E-state index in [2.05, 4.69) is 6.92 Å². The van der Waals surface area contributed by atoms with Crippen molar-refractivity contribution >= 4 is 5.78 Å². The van der Waals surface area contributed by atoms with Crippen molar-refractivity contribution in [1.82, 2.24) is 0 Å². The summed E-state index contributed by atoms with van der Waals surface area (Å²) in [5.74, 6) is 2.95. The molecule has 0 aromatic carbocycles. The first-order chi connectivity index (χ1) is 9.13. The lowest BCUT2D eigenvalue weighted by molar-refractivity contribution is -0.117. The van der Waals surface area contributed by atoms with Crippen LogP contribution in [0, 0.1) is 29.6 Å². The standard InChI is InChI=1S/C16H26O3/c1-2-3-4-5-13(18)16(19)15-12-7-9-6-10(17)8-11(9)14(12)15/h9,11-16,18-19H,2-8H2,1H3. The molecule has 0 aromatic rings. The van der Waals surface area contributed by atoms with E-state index in [1.54, 1.807) is 0 Å². The second-order valence-electron chi connectivity index (χ2n) is 6.98. The third-order valence-electron chi connectivity index (χ3n) is 5.81. The Kier molecular flexibility index (Phi) is 3.69. The number of rotatable bonds is 6. The van der Waals surface area contributed by atoms with Crippen LogP contribution in [-0.4, -0.2) is 28.2 Å². The molecule has 0 aliphatic heterocycles. The molecular formula is C16H26O3. The maximum absolute atomic E-state index is 11.5. The normalized spacial score (nSPS) is 42.9. The van der Waals surface area contributed by atoms with E-state index in [-0.39, 0.29) is 5.92 Å². The van der Waals surface area contributed by atoms with E-state index in [1.807, 2.05) is 0 Å². The van der Waals surface area contributed by atoms with E-state index < -0.39 is 12.2 Å². The fraction of sp³-hybridized carbons (Fsp3) is 0.938. The lowest BCUT2D eigenvalue weighted by Gasteiger charge is -2.22.